The number of hydrogen-bond acceptors (Lipinski definition) is 11. The monoisotopic (exact) mass is 537 g/mol. The normalized spacial score (nSPS) is 20.2. The van der Waals surface area contributed by atoms with Crippen LogP contribution >= 0.6 is 23.1 Å². The molecule has 0 aliphatic carbocycles. The summed E-state index contributed by atoms with van der Waals surface area (Å²) < 4.78 is 36.6. The van der Waals surface area contributed by atoms with Crippen LogP contribution in [0.1, 0.15) is 5.69 Å². The fourth-order valence-electron chi connectivity index (χ4n) is 3.06. The molecule has 18 heteroatoms. The summed E-state index contributed by atoms with van der Waals surface area (Å²) in [7, 11) is 0. The number of β-lactam (4-membered cyclic amide) rings is 1. The van der Waals surface area contributed by atoms with Gasteiger partial charge >= 0.3 is 12.1 Å². The fourth-order valence-corrected chi connectivity index (χ4v) is 4.97. The lowest BCUT2D eigenvalue weighted by atomic mass is 10.0. The van der Waals surface area contributed by atoms with Gasteiger partial charge in [-0.2, -0.15) is 13.2 Å². The van der Waals surface area contributed by atoms with Crippen molar-refractivity contribution in [2.75, 3.05) is 31.2 Å². The molecule has 190 valence electrons. The zero-order valence-corrected chi connectivity index (χ0v) is 19.1. The maximum atomic E-state index is 12.9. The van der Waals surface area contributed by atoms with Crippen molar-refractivity contribution in [3.8, 4) is 0 Å². The smallest absolute Gasteiger partial charge is 0.405 e. The van der Waals surface area contributed by atoms with Crippen LogP contribution < -0.4 is 22.1 Å². The third-order valence-electron chi connectivity index (χ3n) is 4.60. The first-order valence-electron chi connectivity index (χ1n) is 9.58. The van der Waals surface area contributed by atoms with Gasteiger partial charge in [-0.1, -0.05) is 5.16 Å². The van der Waals surface area contributed by atoms with Crippen molar-refractivity contribution in [3.05, 3.63) is 22.3 Å². The number of hydrogen-bond donors (Lipinski definition) is 5. The lowest BCUT2D eigenvalue weighted by Crippen LogP contribution is -2.71. The second-order valence-corrected chi connectivity index (χ2v) is 8.99. The maximum absolute atomic E-state index is 12.9. The molecule has 35 heavy (non-hydrogen) atoms. The number of thioether (sulfide) groups is 1. The first kappa shape index (κ1) is 26.2. The van der Waals surface area contributed by atoms with Gasteiger partial charge in [-0.3, -0.25) is 19.3 Å². The number of carboxylic acids is 1. The Morgan fingerprint density at radius 3 is 2.66 bits per heavy atom. The highest BCUT2D eigenvalue weighted by Gasteiger charge is 2.54. The van der Waals surface area contributed by atoms with Crippen molar-refractivity contribution in [1.29, 1.82) is 0 Å². The molecule has 0 bridgehead atoms. The highest BCUT2D eigenvalue weighted by molar-refractivity contribution is 8.00. The second kappa shape index (κ2) is 10.5. The van der Waals surface area contributed by atoms with Gasteiger partial charge in [-0.25, -0.2) is 9.78 Å². The van der Waals surface area contributed by atoms with E-state index in [0.29, 0.717) is 5.57 Å². The van der Waals surface area contributed by atoms with E-state index < -0.39 is 60.1 Å². The number of carbonyl (C=O) groups is 4. The summed E-state index contributed by atoms with van der Waals surface area (Å²) in [5, 5.41) is 17.6. The van der Waals surface area contributed by atoms with E-state index in [4.69, 9.17) is 16.3 Å². The van der Waals surface area contributed by atoms with Gasteiger partial charge in [0, 0.05) is 17.7 Å². The van der Waals surface area contributed by atoms with Crippen LogP contribution in [-0.4, -0.2) is 87.4 Å². The Bertz CT molecular complexity index is 1110. The number of alkyl halides is 3. The number of fused-ring (bicyclic) bond motifs is 1. The van der Waals surface area contributed by atoms with Crippen molar-refractivity contribution in [2.45, 2.75) is 17.6 Å². The number of aliphatic carboxylic acids is 1. The molecule has 2 aliphatic rings. The van der Waals surface area contributed by atoms with Gasteiger partial charge in [-0.15, -0.1) is 23.1 Å². The van der Waals surface area contributed by atoms with E-state index in [1.54, 1.807) is 5.32 Å². The second-order valence-electron chi connectivity index (χ2n) is 7.00. The minimum absolute atomic E-state index is 0.0574. The third kappa shape index (κ3) is 6.01. The van der Waals surface area contributed by atoms with Crippen LogP contribution in [0.15, 0.2) is 21.8 Å². The molecule has 1 unspecified atom stereocenters. The van der Waals surface area contributed by atoms with Crippen LogP contribution in [-0.2, 0) is 24.0 Å². The van der Waals surface area contributed by atoms with E-state index in [0.717, 1.165) is 16.2 Å². The average Bonchev–Trinajstić information content (AvgIpc) is 3.22. The van der Waals surface area contributed by atoms with E-state index in [1.807, 2.05) is 0 Å². The molecule has 1 fully saturated rings. The molecule has 1 aromatic heterocycles. The Morgan fingerprint density at radius 1 is 1.37 bits per heavy atom. The lowest BCUT2D eigenvalue weighted by Gasteiger charge is -2.49. The molecule has 3 rings (SSSR count). The molecule has 0 aromatic carbocycles. The molecule has 13 nitrogen and oxygen atoms in total. The van der Waals surface area contributed by atoms with Gasteiger partial charge in [-0.05, 0) is 5.57 Å². The van der Waals surface area contributed by atoms with E-state index in [1.165, 1.54) is 17.1 Å². The topological polar surface area (TPSA) is 202 Å². The molecule has 0 radical (unpaired) electrons. The number of nitrogens with zero attached hydrogens (tertiary/aromatic N) is 3. The number of anilines is 1. The number of nitrogens with one attached hydrogen (secondary N) is 2. The molecule has 3 amide bonds. The van der Waals surface area contributed by atoms with Crippen molar-refractivity contribution in [2.24, 2.45) is 10.9 Å². The van der Waals surface area contributed by atoms with Crippen LogP contribution in [0.5, 0.6) is 0 Å². The quantitative estimate of drug-likeness (QED) is 0.145. The van der Waals surface area contributed by atoms with Crippen LogP contribution in [0.2, 0.25) is 0 Å². The zero-order chi connectivity index (χ0) is 25.9. The number of nitrogen functional groups attached to an aromatic ring is 1. The molecule has 1 aromatic rings. The minimum atomic E-state index is -4.62. The summed E-state index contributed by atoms with van der Waals surface area (Å²) in [6, 6.07) is -1.11. The first-order valence-corrected chi connectivity index (χ1v) is 11.5. The Labute approximate surface area is 202 Å². The van der Waals surface area contributed by atoms with Crippen molar-refractivity contribution in [3.63, 3.8) is 0 Å². The van der Waals surface area contributed by atoms with Gasteiger partial charge < -0.3 is 32.0 Å². The number of nitrogens with two attached hydrogens (primary N) is 2. The Morgan fingerprint density at radius 2 is 2.09 bits per heavy atom. The van der Waals surface area contributed by atoms with Crippen LogP contribution in [0.25, 0.3) is 0 Å². The zero-order valence-electron chi connectivity index (χ0n) is 17.5. The number of carbonyl (C=O) groups excluding carboxylic acids is 3. The molecular weight excluding hydrogens is 519 g/mol. The summed E-state index contributed by atoms with van der Waals surface area (Å²) in [5.74, 6) is -3.89. The summed E-state index contributed by atoms with van der Waals surface area (Å²) >= 11 is 2.15. The third-order valence-corrected chi connectivity index (χ3v) is 6.61. The van der Waals surface area contributed by atoms with Gasteiger partial charge in [0.05, 0.1) is 0 Å². The first-order chi connectivity index (χ1) is 16.4. The molecule has 0 saturated carbocycles. The van der Waals surface area contributed by atoms with Crippen molar-refractivity contribution >= 4 is 57.6 Å². The number of thiazole rings is 1. The molecule has 0 spiro atoms. The van der Waals surface area contributed by atoms with Gasteiger partial charge in [0.25, 0.3) is 17.7 Å². The molecule has 3 heterocycles. The van der Waals surface area contributed by atoms with Crippen LogP contribution in [0.3, 0.4) is 0 Å². The van der Waals surface area contributed by atoms with E-state index >= 15 is 0 Å². The predicted molar refractivity (Wildman–Crippen MR) is 117 cm³/mol. The predicted octanol–water partition coefficient (Wildman–Crippen LogP) is -1.18. The van der Waals surface area contributed by atoms with Crippen LogP contribution in [0.4, 0.5) is 18.3 Å². The van der Waals surface area contributed by atoms with Gasteiger partial charge in [0.15, 0.2) is 17.5 Å². The number of carboxylic acid groups (broad SMARTS) is 1. The van der Waals surface area contributed by atoms with E-state index in [9.17, 15) is 37.5 Å². The largest absolute Gasteiger partial charge is 0.477 e. The van der Waals surface area contributed by atoms with E-state index in [2.05, 4.69) is 15.5 Å². The molecular formula is C17H18F3N7O6S2. The van der Waals surface area contributed by atoms with E-state index in [-0.39, 0.29) is 28.8 Å². The summed E-state index contributed by atoms with van der Waals surface area (Å²) in [4.78, 5) is 58.2. The molecule has 1 saturated heterocycles. The fraction of sp³-hybridized carbons (Fsp3) is 0.412. The highest BCUT2D eigenvalue weighted by Crippen LogP contribution is 2.40. The minimum Gasteiger partial charge on any atom is -0.477 e. The molecule has 2 aliphatic heterocycles. The van der Waals surface area contributed by atoms with Crippen LogP contribution in [0, 0.1) is 0 Å². The van der Waals surface area contributed by atoms with Crippen molar-refractivity contribution < 1.29 is 42.3 Å². The number of amides is 3. The van der Waals surface area contributed by atoms with Crippen molar-refractivity contribution in [1.82, 2.24) is 20.5 Å². The number of rotatable bonds is 9. The number of halogens is 3. The summed E-state index contributed by atoms with van der Waals surface area (Å²) in [6.07, 6.45) is -4.62. The standard InChI is InChI=1S/C17H18F3N7O6S2/c18-17(19,20)5-23-8(28)2-33-26-9(7-4-35-16(22)24-7)12(29)25-10-13(30)27-11(15(31)32)6(1-21)3-34-14(10)27/h4,10,14H,1-3,5,21H2,(H2,22,24)(H,23,28)(H,25,29)(H,31,32)/b26-9-/t10?,14-/m1/s1. The molecule has 2 atom stereocenters. The Balaban J connectivity index is 1.71. The molecule has 7 N–H and O–H groups in total. The van der Waals surface area contributed by atoms with Gasteiger partial charge in [0.2, 0.25) is 0 Å². The Kier molecular flexibility index (Phi) is 7.86. The number of aromatic nitrogens is 1. The SMILES string of the molecule is NCC1=C(C(=O)O)N2C(=O)C(NC(=O)/C(=N\OCC(=O)NCC(F)(F)F)c3csc(N)n3)[C@H]2SC1. The highest BCUT2D eigenvalue weighted by atomic mass is 32.2. The summed E-state index contributed by atoms with van der Waals surface area (Å²) in [5.41, 5.74) is 10.7. The average molecular weight is 538 g/mol. The number of oxime groups is 1. The Hall–Kier alpha value is -3.38. The maximum Gasteiger partial charge on any atom is 0.405 e. The van der Waals surface area contributed by atoms with Gasteiger partial charge in [0.1, 0.15) is 29.4 Å². The lowest BCUT2D eigenvalue weighted by molar-refractivity contribution is -0.150. The summed E-state index contributed by atoms with van der Waals surface area (Å²) in [6.45, 7) is -2.57.